The van der Waals surface area contributed by atoms with Gasteiger partial charge >= 0.3 is 5.97 Å². The lowest BCUT2D eigenvalue weighted by molar-refractivity contribution is -0.152. The van der Waals surface area contributed by atoms with E-state index in [4.69, 9.17) is 4.74 Å². The van der Waals surface area contributed by atoms with E-state index < -0.39 is 0 Å². The SMILES string of the molecule is COC(=O)[C@H]1C2CCC(CC2)[C@@H]1Nc1nc(Br)cn(C(C)C2CC2)c1=O. The third kappa shape index (κ3) is 3.19. The Labute approximate surface area is 161 Å². The van der Waals surface area contributed by atoms with Crippen molar-refractivity contribution in [2.45, 2.75) is 57.5 Å². The Morgan fingerprint density at radius 1 is 1.27 bits per heavy atom. The quantitative estimate of drug-likeness (QED) is 0.734. The first-order valence-electron chi connectivity index (χ1n) is 9.62. The van der Waals surface area contributed by atoms with Crippen molar-refractivity contribution in [3.8, 4) is 0 Å². The summed E-state index contributed by atoms with van der Waals surface area (Å²) in [5, 5.41) is 3.37. The maximum Gasteiger partial charge on any atom is 0.311 e. The Morgan fingerprint density at radius 2 is 1.92 bits per heavy atom. The first kappa shape index (κ1) is 18.0. The average Bonchev–Trinajstić information content (AvgIpc) is 3.49. The van der Waals surface area contributed by atoms with Gasteiger partial charge in [-0.1, -0.05) is 0 Å². The molecule has 4 fully saturated rings. The highest BCUT2D eigenvalue weighted by Crippen LogP contribution is 2.46. The van der Waals surface area contributed by atoms with Gasteiger partial charge in [-0.3, -0.25) is 9.59 Å². The molecule has 0 spiro atoms. The van der Waals surface area contributed by atoms with E-state index in [2.05, 4.69) is 33.2 Å². The normalized spacial score (nSPS) is 31.5. The molecule has 5 rings (SSSR count). The van der Waals surface area contributed by atoms with Gasteiger partial charge in [-0.2, -0.15) is 0 Å². The van der Waals surface area contributed by atoms with Gasteiger partial charge in [0.1, 0.15) is 4.60 Å². The number of carbonyl (C=O) groups is 1. The van der Waals surface area contributed by atoms with Crippen molar-refractivity contribution < 1.29 is 9.53 Å². The number of fused-ring (bicyclic) bond motifs is 3. The van der Waals surface area contributed by atoms with E-state index >= 15 is 0 Å². The van der Waals surface area contributed by atoms with Crippen LogP contribution in [0.1, 0.15) is 51.5 Å². The lowest BCUT2D eigenvalue weighted by Gasteiger charge is -2.47. The van der Waals surface area contributed by atoms with Crippen LogP contribution < -0.4 is 10.9 Å². The molecule has 1 N–H and O–H groups in total. The molecule has 142 valence electrons. The number of anilines is 1. The predicted octanol–water partition coefficient (Wildman–Crippen LogP) is 3.37. The zero-order chi connectivity index (χ0) is 18.4. The summed E-state index contributed by atoms with van der Waals surface area (Å²) in [5.74, 6) is 1.28. The zero-order valence-corrected chi connectivity index (χ0v) is 16.9. The molecular formula is C19H26BrN3O3. The molecule has 0 saturated heterocycles. The number of nitrogens with one attached hydrogen (secondary N) is 1. The number of methoxy groups -OCH3 is 1. The van der Waals surface area contributed by atoms with E-state index in [1.807, 2.05) is 0 Å². The Morgan fingerprint density at radius 3 is 2.54 bits per heavy atom. The number of nitrogens with zero attached hydrogens (tertiary/aromatic N) is 2. The molecule has 0 radical (unpaired) electrons. The number of carbonyl (C=O) groups excluding carboxylic acids is 1. The van der Waals surface area contributed by atoms with Crippen LogP contribution in [0, 0.1) is 23.7 Å². The molecule has 4 aliphatic rings. The van der Waals surface area contributed by atoms with Gasteiger partial charge in [0, 0.05) is 18.3 Å². The second-order valence-electron chi connectivity index (χ2n) is 8.10. The fraction of sp³-hybridized carbons (Fsp3) is 0.737. The number of halogens is 1. The molecule has 4 aliphatic carbocycles. The minimum atomic E-state index is -0.193. The molecule has 0 aromatic carbocycles. The predicted molar refractivity (Wildman–Crippen MR) is 102 cm³/mol. The van der Waals surface area contributed by atoms with E-state index in [1.165, 1.54) is 20.0 Å². The van der Waals surface area contributed by atoms with Crippen LogP contribution in [0.25, 0.3) is 0 Å². The van der Waals surface area contributed by atoms with Gasteiger partial charge in [-0.05, 0) is 79.1 Å². The second kappa shape index (κ2) is 6.98. The highest BCUT2D eigenvalue weighted by molar-refractivity contribution is 9.10. The van der Waals surface area contributed by atoms with Crippen LogP contribution in [-0.4, -0.2) is 28.7 Å². The largest absolute Gasteiger partial charge is 0.469 e. The number of esters is 1. The summed E-state index contributed by atoms with van der Waals surface area (Å²) in [6.07, 6.45) is 8.45. The van der Waals surface area contributed by atoms with Gasteiger partial charge in [0.05, 0.1) is 13.0 Å². The second-order valence-corrected chi connectivity index (χ2v) is 8.91. The molecule has 1 aromatic rings. The van der Waals surface area contributed by atoms with E-state index in [-0.39, 0.29) is 29.5 Å². The van der Waals surface area contributed by atoms with Crippen LogP contribution >= 0.6 is 15.9 Å². The maximum atomic E-state index is 13.0. The highest BCUT2D eigenvalue weighted by atomic mass is 79.9. The van der Waals surface area contributed by atoms with Crippen molar-refractivity contribution in [1.29, 1.82) is 0 Å². The van der Waals surface area contributed by atoms with Crippen LogP contribution in [0.4, 0.5) is 5.82 Å². The van der Waals surface area contributed by atoms with E-state index in [0.29, 0.717) is 28.2 Å². The summed E-state index contributed by atoms with van der Waals surface area (Å²) >= 11 is 3.45. The minimum absolute atomic E-state index is 0.0749. The summed E-state index contributed by atoms with van der Waals surface area (Å²) in [6, 6.07) is 0.0932. The molecule has 1 unspecified atom stereocenters. The van der Waals surface area contributed by atoms with Gasteiger partial charge < -0.3 is 14.6 Å². The van der Waals surface area contributed by atoms with Crippen LogP contribution in [0.2, 0.25) is 0 Å². The third-order valence-electron chi connectivity index (χ3n) is 6.64. The van der Waals surface area contributed by atoms with Crippen molar-refractivity contribution in [3.63, 3.8) is 0 Å². The van der Waals surface area contributed by atoms with Crippen molar-refractivity contribution in [3.05, 3.63) is 21.2 Å². The van der Waals surface area contributed by atoms with Crippen LogP contribution in [0.5, 0.6) is 0 Å². The van der Waals surface area contributed by atoms with Crippen LogP contribution in [0.3, 0.4) is 0 Å². The molecule has 4 saturated carbocycles. The molecule has 1 aromatic heterocycles. The maximum absolute atomic E-state index is 13.0. The first-order chi connectivity index (χ1) is 12.5. The Balaban J connectivity index is 1.65. The molecule has 1 heterocycles. The van der Waals surface area contributed by atoms with Crippen molar-refractivity contribution in [2.24, 2.45) is 23.7 Å². The molecule has 0 aliphatic heterocycles. The number of rotatable bonds is 5. The standard InChI is InChI=1S/C19H26BrN3O3/c1-10(11-3-4-11)23-9-14(20)21-17(18(23)24)22-16-13-7-5-12(6-8-13)15(16)19(25)26-2/h9-13,15-16H,3-8H2,1-2H3,(H,21,22)/t10?,12?,13?,15-,16-/m0/s1. The van der Waals surface area contributed by atoms with Crippen molar-refractivity contribution in [1.82, 2.24) is 9.55 Å². The van der Waals surface area contributed by atoms with E-state index in [9.17, 15) is 9.59 Å². The van der Waals surface area contributed by atoms with Crippen molar-refractivity contribution >= 4 is 27.7 Å². The van der Waals surface area contributed by atoms with Gasteiger partial charge in [0.2, 0.25) is 0 Å². The van der Waals surface area contributed by atoms with Gasteiger partial charge in [-0.25, -0.2) is 4.98 Å². The Bertz CT molecular complexity index is 753. The van der Waals surface area contributed by atoms with Gasteiger partial charge in [0.15, 0.2) is 5.82 Å². The Kier molecular flexibility index (Phi) is 4.84. The topological polar surface area (TPSA) is 73.2 Å². The van der Waals surface area contributed by atoms with Crippen molar-refractivity contribution in [2.75, 3.05) is 12.4 Å². The third-order valence-corrected chi connectivity index (χ3v) is 7.02. The Hall–Kier alpha value is -1.37. The van der Waals surface area contributed by atoms with Crippen LogP contribution in [-0.2, 0) is 9.53 Å². The monoisotopic (exact) mass is 423 g/mol. The van der Waals surface area contributed by atoms with Gasteiger partial charge in [0.25, 0.3) is 5.56 Å². The summed E-state index contributed by atoms with van der Waals surface area (Å²) in [5.41, 5.74) is -0.0994. The minimum Gasteiger partial charge on any atom is -0.469 e. The molecule has 3 atom stereocenters. The smallest absolute Gasteiger partial charge is 0.311 e. The van der Waals surface area contributed by atoms with E-state index in [1.54, 1.807) is 10.8 Å². The molecule has 6 nitrogen and oxygen atoms in total. The van der Waals surface area contributed by atoms with Crippen LogP contribution in [0.15, 0.2) is 15.6 Å². The summed E-state index contributed by atoms with van der Waals surface area (Å²) in [7, 11) is 1.45. The summed E-state index contributed by atoms with van der Waals surface area (Å²) in [6.45, 7) is 2.09. The zero-order valence-electron chi connectivity index (χ0n) is 15.3. The average molecular weight is 424 g/mol. The fourth-order valence-corrected chi connectivity index (χ4v) is 5.37. The lowest BCUT2D eigenvalue weighted by Crippen LogP contribution is -2.52. The molecule has 26 heavy (non-hydrogen) atoms. The molecular weight excluding hydrogens is 398 g/mol. The lowest BCUT2D eigenvalue weighted by atomic mass is 9.61. The molecule has 2 bridgehead atoms. The van der Waals surface area contributed by atoms with E-state index in [0.717, 1.165) is 25.7 Å². The first-order valence-corrected chi connectivity index (χ1v) is 10.4. The molecule has 0 amide bonds. The fourth-order valence-electron chi connectivity index (χ4n) is 4.97. The highest BCUT2D eigenvalue weighted by Gasteiger charge is 2.48. The number of hydrogen-bond donors (Lipinski definition) is 1. The van der Waals surface area contributed by atoms with Gasteiger partial charge in [-0.15, -0.1) is 0 Å². The summed E-state index contributed by atoms with van der Waals surface area (Å²) < 4.78 is 7.50. The summed E-state index contributed by atoms with van der Waals surface area (Å²) in [4.78, 5) is 29.8. The molecule has 7 heteroatoms. The number of hydrogen-bond acceptors (Lipinski definition) is 5. The number of ether oxygens (including phenoxy) is 1. The number of aromatic nitrogens is 2.